The van der Waals surface area contributed by atoms with E-state index in [2.05, 4.69) is 29.8 Å². The minimum atomic E-state index is -0.843. The van der Waals surface area contributed by atoms with Crippen LogP contribution in [-0.4, -0.2) is 22.5 Å². The molecule has 1 atom stereocenters. The number of benzene rings is 1. The van der Waals surface area contributed by atoms with Gasteiger partial charge in [0.1, 0.15) is 0 Å². The molecule has 5 heteroatoms. The molecule has 0 spiro atoms. The summed E-state index contributed by atoms with van der Waals surface area (Å²) in [5, 5.41) is 2.77. The molecule has 1 fully saturated rings. The lowest BCUT2D eigenvalue weighted by atomic mass is 10.2. The monoisotopic (exact) mass is 366 g/mol. The molecule has 5 nitrogen and oxygen atoms in total. The van der Waals surface area contributed by atoms with Crippen LogP contribution in [0.1, 0.15) is 48.3 Å². The van der Waals surface area contributed by atoms with Crippen LogP contribution >= 0.6 is 0 Å². The molecule has 1 aromatic heterocycles. The van der Waals surface area contributed by atoms with Gasteiger partial charge in [0.2, 0.25) is 0 Å². The first-order valence-electron chi connectivity index (χ1n) is 9.34. The number of nitrogens with zero attached hydrogens (tertiary/aromatic N) is 1. The fourth-order valence-electron chi connectivity index (χ4n) is 3.22. The van der Waals surface area contributed by atoms with Crippen LogP contribution in [0.25, 0.3) is 6.08 Å². The molecule has 0 bridgehead atoms. The van der Waals surface area contributed by atoms with Crippen molar-refractivity contribution >= 4 is 18.0 Å². The predicted molar refractivity (Wildman–Crippen MR) is 105 cm³/mol. The molecule has 1 N–H and O–H groups in total. The molecule has 1 aromatic carbocycles. The Morgan fingerprint density at radius 2 is 1.96 bits per heavy atom. The Labute approximate surface area is 160 Å². The Morgan fingerprint density at radius 1 is 1.26 bits per heavy atom. The summed E-state index contributed by atoms with van der Waals surface area (Å²) in [4.78, 5) is 24.2. The van der Waals surface area contributed by atoms with Crippen molar-refractivity contribution < 1.29 is 14.3 Å². The molecular formula is C22H26N2O3. The number of nitrogens with one attached hydrogen (secondary N) is 1. The first kappa shape index (κ1) is 19.0. The number of hydrogen-bond acceptors (Lipinski definition) is 3. The summed E-state index contributed by atoms with van der Waals surface area (Å²) in [5.41, 5.74) is 4.37. The molecule has 1 aliphatic rings. The maximum absolute atomic E-state index is 12.1. The second-order valence-electron chi connectivity index (χ2n) is 7.04. The highest BCUT2D eigenvalue weighted by atomic mass is 16.5. The SMILES string of the molecule is Cc1cc(/C=C/C(=O)O[C@@H](C)C(=O)NCc2ccccc2)c(C)n1C1CC1. The zero-order valence-corrected chi connectivity index (χ0v) is 16.1. The number of aryl methyl sites for hydroxylation is 1. The zero-order chi connectivity index (χ0) is 19.4. The number of carbonyl (C=O) groups excluding carboxylic acids is 2. The summed E-state index contributed by atoms with van der Waals surface area (Å²) in [6.07, 6.45) is 4.75. The van der Waals surface area contributed by atoms with Gasteiger partial charge in [-0.15, -0.1) is 0 Å². The van der Waals surface area contributed by atoms with E-state index in [0.29, 0.717) is 12.6 Å². The van der Waals surface area contributed by atoms with Gasteiger partial charge in [0.05, 0.1) is 0 Å². The van der Waals surface area contributed by atoms with E-state index in [9.17, 15) is 9.59 Å². The third-order valence-corrected chi connectivity index (χ3v) is 4.81. The van der Waals surface area contributed by atoms with Crippen LogP contribution in [-0.2, 0) is 20.9 Å². The van der Waals surface area contributed by atoms with Crippen molar-refractivity contribution in [3.8, 4) is 0 Å². The van der Waals surface area contributed by atoms with E-state index in [0.717, 1.165) is 16.8 Å². The molecule has 142 valence electrons. The van der Waals surface area contributed by atoms with E-state index in [1.807, 2.05) is 30.3 Å². The highest BCUT2D eigenvalue weighted by Gasteiger charge is 2.26. The number of esters is 1. The van der Waals surface area contributed by atoms with Gasteiger partial charge >= 0.3 is 5.97 Å². The van der Waals surface area contributed by atoms with Crippen molar-refractivity contribution in [2.75, 3.05) is 0 Å². The molecule has 1 aliphatic carbocycles. The molecule has 1 heterocycles. The van der Waals surface area contributed by atoms with Gasteiger partial charge < -0.3 is 14.6 Å². The predicted octanol–water partition coefficient (Wildman–Crippen LogP) is 3.70. The van der Waals surface area contributed by atoms with Gasteiger partial charge in [0.25, 0.3) is 5.91 Å². The van der Waals surface area contributed by atoms with Crippen molar-refractivity contribution in [2.24, 2.45) is 0 Å². The second kappa shape index (κ2) is 8.25. The van der Waals surface area contributed by atoms with Gasteiger partial charge in [-0.2, -0.15) is 0 Å². The molecule has 0 saturated heterocycles. The lowest BCUT2D eigenvalue weighted by Crippen LogP contribution is -2.35. The summed E-state index contributed by atoms with van der Waals surface area (Å²) in [6.45, 7) is 6.13. The van der Waals surface area contributed by atoms with Crippen LogP contribution in [0.3, 0.4) is 0 Å². The highest BCUT2D eigenvalue weighted by molar-refractivity contribution is 5.90. The van der Waals surface area contributed by atoms with Crippen LogP contribution in [0, 0.1) is 13.8 Å². The average Bonchev–Trinajstić information content (AvgIpc) is 3.44. The Bertz CT molecular complexity index is 848. The minimum absolute atomic E-state index is 0.312. The molecule has 1 saturated carbocycles. The number of hydrogen-bond donors (Lipinski definition) is 1. The first-order chi connectivity index (χ1) is 13.0. The molecule has 0 aliphatic heterocycles. The van der Waals surface area contributed by atoms with E-state index in [-0.39, 0.29) is 5.91 Å². The van der Waals surface area contributed by atoms with Crippen LogP contribution in [0.5, 0.6) is 0 Å². The minimum Gasteiger partial charge on any atom is -0.449 e. The largest absolute Gasteiger partial charge is 0.449 e. The summed E-state index contributed by atoms with van der Waals surface area (Å²) >= 11 is 0. The van der Waals surface area contributed by atoms with Crippen molar-refractivity contribution in [1.82, 2.24) is 9.88 Å². The van der Waals surface area contributed by atoms with E-state index >= 15 is 0 Å². The number of carbonyl (C=O) groups is 2. The van der Waals surface area contributed by atoms with E-state index < -0.39 is 12.1 Å². The van der Waals surface area contributed by atoms with Crippen molar-refractivity contribution in [1.29, 1.82) is 0 Å². The Morgan fingerprint density at radius 3 is 2.63 bits per heavy atom. The quantitative estimate of drug-likeness (QED) is 0.600. The average molecular weight is 366 g/mol. The molecule has 3 rings (SSSR count). The number of aromatic nitrogens is 1. The fourth-order valence-corrected chi connectivity index (χ4v) is 3.22. The summed E-state index contributed by atoms with van der Waals surface area (Å²) < 4.78 is 7.54. The van der Waals surface area contributed by atoms with Gasteiger partial charge in [0.15, 0.2) is 6.10 Å². The van der Waals surface area contributed by atoms with Crippen LogP contribution in [0.2, 0.25) is 0 Å². The van der Waals surface area contributed by atoms with Crippen molar-refractivity contribution in [2.45, 2.75) is 52.3 Å². The molecule has 1 amide bonds. The van der Waals surface area contributed by atoms with E-state index in [1.165, 1.54) is 24.6 Å². The Balaban J connectivity index is 1.51. The Hall–Kier alpha value is -2.82. The smallest absolute Gasteiger partial charge is 0.331 e. The Kier molecular flexibility index (Phi) is 5.79. The first-order valence-corrected chi connectivity index (χ1v) is 9.34. The highest BCUT2D eigenvalue weighted by Crippen LogP contribution is 2.38. The second-order valence-corrected chi connectivity index (χ2v) is 7.04. The molecule has 0 unspecified atom stereocenters. The zero-order valence-electron chi connectivity index (χ0n) is 16.1. The van der Waals surface area contributed by atoms with Crippen LogP contribution in [0.4, 0.5) is 0 Å². The van der Waals surface area contributed by atoms with Crippen molar-refractivity contribution in [3.63, 3.8) is 0 Å². The van der Waals surface area contributed by atoms with Gasteiger partial charge in [-0.25, -0.2) is 4.79 Å². The van der Waals surface area contributed by atoms with Crippen LogP contribution in [0.15, 0.2) is 42.5 Å². The molecular weight excluding hydrogens is 340 g/mol. The van der Waals surface area contributed by atoms with Gasteiger partial charge in [0, 0.05) is 30.1 Å². The standard InChI is InChI=1S/C22H26N2O3/c1-15-13-19(16(2)24(15)20-10-11-20)9-12-21(25)27-17(3)22(26)23-14-18-7-5-4-6-8-18/h4-9,12-13,17,20H,10-11,14H2,1-3H3,(H,23,26)/b12-9+/t17-/m0/s1. The van der Waals surface area contributed by atoms with E-state index in [1.54, 1.807) is 13.0 Å². The maximum Gasteiger partial charge on any atom is 0.331 e. The lowest BCUT2D eigenvalue weighted by Gasteiger charge is -2.12. The topological polar surface area (TPSA) is 60.3 Å². The summed E-state index contributed by atoms with van der Waals surface area (Å²) in [5.74, 6) is -0.832. The normalized spacial score (nSPS) is 14.9. The summed E-state index contributed by atoms with van der Waals surface area (Å²) in [7, 11) is 0. The number of amides is 1. The van der Waals surface area contributed by atoms with Gasteiger partial charge in [-0.1, -0.05) is 30.3 Å². The third kappa shape index (κ3) is 4.88. The van der Waals surface area contributed by atoms with Crippen LogP contribution < -0.4 is 5.32 Å². The lowest BCUT2D eigenvalue weighted by molar-refractivity contribution is -0.150. The maximum atomic E-state index is 12.1. The van der Waals surface area contributed by atoms with Gasteiger partial charge in [-0.3, -0.25) is 4.79 Å². The van der Waals surface area contributed by atoms with Crippen molar-refractivity contribution in [3.05, 3.63) is 65.0 Å². The molecule has 2 aromatic rings. The molecule has 27 heavy (non-hydrogen) atoms. The molecule has 0 radical (unpaired) electrons. The number of rotatable bonds is 7. The van der Waals surface area contributed by atoms with Gasteiger partial charge in [-0.05, 0) is 56.9 Å². The third-order valence-electron chi connectivity index (χ3n) is 4.81. The number of ether oxygens (including phenoxy) is 1. The van der Waals surface area contributed by atoms with E-state index in [4.69, 9.17) is 4.74 Å². The summed E-state index contributed by atoms with van der Waals surface area (Å²) in [6, 6.07) is 12.3. The fraction of sp³-hybridized carbons (Fsp3) is 0.364.